The molecule has 1 aliphatic heterocycles. The van der Waals surface area contributed by atoms with Crippen molar-refractivity contribution in [3.63, 3.8) is 0 Å². The second-order valence-corrected chi connectivity index (χ2v) is 10.5. The van der Waals surface area contributed by atoms with Crippen molar-refractivity contribution in [2.24, 2.45) is 0 Å². The number of carbonyl (C=O) groups is 1. The Morgan fingerprint density at radius 3 is 2.14 bits per heavy atom. The van der Waals surface area contributed by atoms with Gasteiger partial charge in [0, 0.05) is 30.5 Å². The first-order valence-corrected chi connectivity index (χ1v) is 14.6. The fourth-order valence-electron chi connectivity index (χ4n) is 4.27. The molecule has 0 bridgehead atoms. The van der Waals surface area contributed by atoms with Crippen molar-refractivity contribution >= 4 is 15.7 Å². The van der Waals surface area contributed by atoms with Crippen molar-refractivity contribution < 1.29 is 13.2 Å². The van der Waals surface area contributed by atoms with Gasteiger partial charge >= 0.3 is 0 Å². The molecule has 9 heteroatoms. The van der Waals surface area contributed by atoms with E-state index >= 15 is 0 Å². The quantitative estimate of drug-likeness (QED) is 0.486. The van der Waals surface area contributed by atoms with Gasteiger partial charge in [0.05, 0.1) is 16.5 Å². The Kier molecular flexibility index (Phi) is 10.6. The molecular formula is C28H37N5O3S. The summed E-state index contributed by atoms with van der Waals surface area (Å²) >= 11 is 0. The minimum Gasteiger partial charge on any atom is -0.339 e. The first-order valence-electron chi connectivity index (χ1n) is 12.7. The number of carbonyl (C=O) groups excluding carboxylic acids is 1. The van der Waals surface area contributed by atoms with Gasteiger partial charge < -0.3 is 4.90 Å². The molecule has 0 saturated carbocycles. The molecule has 0 aliphatic carbocycles. The van der Waals surface area contributed by atoms with E-state index in [4.69, 9.17) is 5.26 Å². The van der Waals surface area contributed by atoms with E-state index in [1.165, 1.54) is 11.6 Å². The second-order valence-electron chi connectivity index (χ2n) is 8.48. The van der Waals surface area contributed by atoms with Crippen molar-refractivity contribution in [3.8, 4) is 17.5 Å². The summed E-state index contributed by atoms with van der Waals surface area (Å²) in [6.07, 6.45) is 2.79. The molecule has 1 N–H and O–H groups in total. The molecule has 1 saturated heterocycles. The molecule has 3 aromatic rings. The summed E-state index contributed by atoms with van der Waals surface area (Å²) in [6.45, 7) is 12.7. The maximum atomic E-state index is 13.4. The van der Waals surface area contributed by atoms with Crippen LogP contribution in [0.2, 0.25) is 0 Å². The van der Waals surface area contributed by atoms with Crippen molar-refractivity contribution in [3.05, 3.63) is 64.5 Å². The number of sulfone groups is 1. The fourth-order valence-corrected chi connectivity index (χ4v) is 5.21. The molecule has 0 radical (unpaired) electrons. The Morgan fingerprint density at radius 2 is 1.65 bits per heavy atom. The summed E-state index contributed by atoms with van der Waals surface area (Å²) in [6, 6.07) is 12.9. The number of piperidine rings is 1. The first-order chi connectivity index (χ1) is 17.7. The van der Waals surface area contributed by atoms with E-state index in [9.17, 15) is 13.2 Å². The van der Waals surface area contributed by atoms with Crippen LogP contribution >= 0.6 is 0 Å². The van der Waals surface area contributed by atoms with E-state index in [0.29, 0.717) is 47.1 Å². The molecule has 2 heterocycles. The standard InChI is InChI=1S/C24H25N5O3S.2C2H6/c1-15-12-22(33(3,31)32)21(23-26-16(2)27-28-23)13-20(15)24(30)29-10-8-19(9-11-29)18-6-4-17(14-25)5-7-18;2*1-2/h4-7,12-13,19H,8-11H2,1-3H3,(H,26,27,28);2*1-2H3. The Labute approximate surface area is 220 Å². The van der Waals surface area contributed by atoms with E-state index < -0.39 is 9.84 Å². The predicted molar refractivity (Wildman–Crippen MR) is 146 cm³/mol. The average molecular weight is 524 g/mol. The highest BCUT2D eigenvalue weighted by atomic mass is 32.2. The molecule has 4 rings (SSSR count). The topological polar surface area (TPSA) is 120 Å². The van der Waals surface area contributed by atoms with Gasteiger partial charge in [-0.2, -0.15) is 10.4 Å². The smallest absolute Gasteiger partial charge is 0.254 e. The van der Waals surface area contributed by atoms with E-state index in [1.807, 2.05) is 56.9 Å². The summed E-state index contributed by atoms with van der Waals surface area (Å²) < 4.78 is 24.8. The van der Waals surface area contributed by atoms with Crippen LogP contribution in [0.15, 0.2) is 41.3 Å². The third-order valence-corrected chi connectivity index (χ3v) is 7.22. The fraction of sp³-hybridized carbons (Fsp3) is 0.429. The number of aromatic amines is 1. The van der Waals surface area contributed by atoms with E-state index in [-0.39, 0.29) is 16.6 Å². The van der Waals surface area contributed by atoms with Crippen LogP contribution < -0.4 is 0 Å². The number of hydrogen-bond donors (Lipinski definition) is 1. The molecule has 1 aromatic heterocycles. The van der Waals surface area contributed by atoms with Gasteiger partial charge in [0.1, 0.15) is 5.82 Å². The van der Waals surface area contributed by atoms with Crippen LogP contribution in [-0.2, 0) is 9.84 Å². The van der Waals surface area contributed by atoms with Gasteiger partial charge in [-0.05, 0) is 68.0 Å². The lowest BCUT2D eigenvalue weighted by Gasteiger charge is -2.32. The van der Waals surface area contributed by atoms with Gasteiger partial charge in [0.2, 0.25) is 0 Å². The number of nitrogens with zero attached hydrogens (tertiary/aromatic N) is 4. The van der Waals surface area contributed by atoms with Crippen LogP contribution in [0, 0.1) is 25.2 Å². The molecule has 0 atom stereocenters. The summed E-state index contributed by atoms with van der Waals surface area (Å²) in [7, 11) is -3.54. The number of likely N-dealkylation sites (tertiary alicyclic amines) is 1. The number of benzene rings is 2. The molecule has 1 amide bonds. The Bertz CT molecular complexity index is 1350. The minimum absolute atomic E-state index is 0.107. The predicted octanol–water partition coefficient (Wildman–Crippen LogP) is 5.44. The number of H-pyrrole nitrogens is 1. The summed E-state index contributed by atoms with van der Waals surface area (Å²) in [5.74, 6) is 1.02. The van der Waals surface area contributed by atoms with Gasteiger partial charge in [0.25, 0.3) is 5.91 Å². The van der Waals surface area contributed by atoms with Gasteiger partial charge in [-0.15, -0.1) is 0 Å². The lowest BCUT2D eigenvalue weighted by Crippen LogP contribution is -2.38. The zero-order valence-corrected chi connectivity index (χ0v) is 23.6. The molecule has 2 aromatic carbocycles. The number of amides is 1. The molecule has 8 nitrogen and oxygen atoms in total. The number of nitrogens with one attached hydrogen (secondary N) is 1. The van der Waals surface area contributed by atoms with E-state index in [2.05, 4.69) is 21.3 Å². The average Bonchev–Trinajstić information content (AvgIpc) is 3.36. The van der Waals surface area contributed by atoms with Gasteiger partial charge in [0.15, 0.2) is 15.7 Å². The van der Waals surface area contributed by atoms with Crippen LogP contribution in [0.25, 0.3) is 11.4 Å². The monoisotopic (exact) mass is 523 g/mol. The van der Waals surface area contributed by atoms with Crippen molar-refractivity contribution in [1.29, 1.82) is 5.26 Å². The van der Waals surface area contributed by atoms with Gasteiger partial charge in [-0.25, -0.2) is 13.4 Å². The number of hydrogen-bond acceptors (Lipinski definition) is 6. The van der Waals surface area contributed by atoms with Gasteiger partial charge in [-0.3, -0.25) is 9.89 Å². The summed E-state index contributed by atoms with van der Waals surface area (Å²) in [5, 5.41) is 15.8. The molecule has 198 valence electrons. The minimum atomic E-state index is -3.54. The van der Waals surface area contributed by atoms with Crippen LogP contribution in [0.3, 0.4) is 0 Å². The maximum Gasteiger partial charge on any atom is 0.254 e. The molecule has 1 aliphatic rings. The second kappa shape index (κ2) is 13.2. The largest absolute Gasteiger partial charge is 0.339 e. The number of nitriles is 1. The Morgan fingerprint density at radius 1 is 1.05 bits per heavy atom. The highest BCUT2D eigenvalue weighted by Gasteiger charge is 2.28. The molecular weight excluding hydrogens is 486 g/mol. The third kappa shape index (κ3) is 7.04. The Hall–Kier alpha value is -3.51. The van der Waals surface area contributed by atoms with Gasteiger partial charge in [-0.1, -0.05) is 39.8 Å². The van der Waals surface area contributed by atoms with Crippen molar-refractivity contribution in [1.82, 2.24) is 20.1 Å². The van der Waals surface area contributed by atoms with E-state index in [0.717, 1.165) is 19.1 Å². The zero-order valence-electron chi connectivity index (χ0n) is 22.8. The molecule has 0 spiro atoms. The van der Waals surface area contributed by atoms with Crippen molar-refractivity contribution in [2.45, 2.75) is 65.2 Å². The normalized spacial score (nSPS) is 13.5. The van der Waals surface area contributed by atoms with Crippen LogP contribution in [0.4, 0.5) is 0 Å². The van der Waals surface area contributed by atoms with Crippen LogP contribution in [0.1, 0.15) is 79.3 Å². The SMILES string of the molecule is CC.CC.Cc1nc(-c2cc(C(=O)N3CCC(c4ccc(C#N)cc4)CC3)c(C)cc2S(C)(=O)=O)n[nH]1. The number of aryl methyl sites for hydroxylation is 2. The lowest BCUT2D eigenvalue weighted by molar-refractivity contribution is 0.0712. The Balaban J connectivity index is 0.00000115. The highest BCUT2D eigenvalue weighted by molar-refractivity contribution is 7.90. The molecule has 1 fully saturated rings. The lowest BCUT2D eigenvalue weighted by atomic mass is 9.88. The van der Waals surface area contributed by atoms with Crippen LogP contribution in [-0.4, -0.2) is 53.8 Å². The molecule has 0 unspecified atom stereocenters. The van der Waals surface area contributed by atoms with E-state index in [1.54, 1.807) is 19.9 Å². The number of rotatable bonds is 4. The number of aromatic nitrogens is 3. The zero-order chi connectivity index (χ0) is 27.8. The third-order valence-electron chi connectivity index (χ3n) is 6.09. The summed E-state index contributed by atoms with van der Waals surface area (Å²) in [4.78, 5) is 19.6. The van der Waals surface area contributed by atoms with Crippen molar-refractivity contribution in [2.75, 3.05) is 19.3 Å². The highest BCUT2D eigenvalue weighted by Crippen LogP contribution is 2.32. The van der Waals surface area contributed by atoms with Crippen LogP contribution in [0.5, 0.6) is 0 Å². The first kappa shape index (κ1) is 29.7. The summed E-state index contributed by atoms with van der Waals surface area (Å²) in [5.41, 5.74) is 3.19. The molecule has 37 heavy (non-hydrogen) atoms. The maximum absolute atomic E-state index is 13.4.